The molecule has 2 aliphatic rings. The number of hydrogen-bond donors (Lipinski definition) is 4. The highest BCUT2D eigenvalue weighted by Gasteiger charge is 2.34. The van der Waals surface area contributed by atoms with E-state index in [1.165, 1.54) is 0 Å². The van der Waals surface area contributed by atoms with Crippen LogP contribution >= 0.6 is 12.4 Å². The minimum absolute atomic E-state index is 0. The van der Waals surface area contributed by atoms with Gasteiger partial charge in [0.25, 0.3) is 11.8 Å². The van der Waals surface area contributed by atoms with E-state index >= 15 is 0 Å². The number of aromatic nitrogens is 4. The molecule has 5 N–H and O–H groups in total. The van der Waals surface area contributed by atoms with E-state index in [0.717, 1.165) is 24.0 Å². The highest BCUT2D eigenvalue weighted by molar-refractivity contribution is 7.91. The highest BCUT2D eigenvalue weighted by atomic mass is 35.5. The van der Waals surface area contributed by atoms with Crippen LogP contribution in [-0.4, -0.2) is 82.9 Å². The molecule has 0 atom stereocenters. The van der Waals surface area contributed by atoms with Gasteiger partial charge in [-0.15, -0.1) is 12.4 Å². The molecule has 3 amide bonds. The summed E-state index contributed by atoms with van der Waals surface area (Å²) in [5.41, 5.74) is 10.2. The second kappa shape index (κ2) is 28.8. The van der Waals surface area contributed by atoms with Gasteiger partial charge in [0.2, 0.25) is 11.8 Å². The van der Waals surface area contributed by atoms with Gasteiger partial charge in [-0.2, -0.15) is 0 Å². The number of ether oxygens (including phenoxy) is 1. The van der Waals surface area contributed by atoms with E-state index in [2.05, 4.69) is 35.9 Å². The molecule has 21 heteroatoms. The fourth-order valence-electron chi connectivity index (χ4n) is 8.58. The molecule has 0 aliphatic heterocycles. The standard InChI is InChI=1S/C29H36N4O6S.C24H28N4O4S.C2H6.CH4.ClH/c1-19-25(18-40(36,37)24-13-11-23(12-14-24)32-28(35)39-29(2,3)4)33-27(38-19)22-9-7-21(8-10-22)26(34)31-17-20-6-5-15-30-16-20;1-16-22(15-33(30,31)21-10-8-20(25)9-11-21)28-24(32-16)19-6-4-18(5-7-19)23(29)27-14-17-3-2-12-26-13-17;1-2;;/h5-10,15-16,23-24H,11-14,17-18H2,1-4H3,(H,31,34)(H,32,35);2-7,12-13,20-21H,8-11,14-15,25H2,1H3,(H,27,29);1-2H3;1H4;1H/i;;1D;;. The minimum atomic E-state index is -3.48. The molecule has 2 aromatic carbocycles. The predicted molar refractivity (Wildman–Crippen MR) is 300 cm³/mol. The molecule has 18 nitrogen and oxygen atoms in total. The van der Waals surface area contributed by atoms with Crippen molar-refractivity contribution in [1.29, 1.82) is 0 Å². The molecular formula is C56H75ClN8O10S2. The number of aryl methyl sites for hydroxylation is 2. The average Bonchev–Trinajstić information content (AvgIpc) is 3.95. The van der Waals surface area contributed by atoms with Crippen molar-refractivity contribution in [3.63, 3.8) is 0 Å². The first-order valence-electron chi connectivity index (χ1n) is 25.8. The van der Waals surface area contributed by atoms with E-state index in [1.54, 1.807) is 115 Å². The quantitative estimate of drug-likeness (QED) is 0.0745. The Kier molecular flexibility index (Phi) is 22.9. The van der Waals surface area contributed by atoms with Crippen molar-refractivity contribution in [2.45, 2.75) is 160 Å². The van der Waals surface area contributed by atoms with Gasteiger partial charge in [-0.3, -0.25) is 19.6 Å². The zero-order valence-electron chi connectivity index (χ0n) is 44.9. The number of carbonyl (C=O) groups is 3. The van der Waals surface area contributed by atoms with Gasteiger partial charge in [0, 0.05) is 73.6 Å². The Hall–Kier alpha value is -6.48. The molecule has 4 aromatic heterocycles. The molecule has 0 bridgehead atoms. The molecule has 0 unspecified atom stereocenters. The SMILES string of the molecule is C.Cc1oc(-c2ccc(C(=O)NCc3cccnc3)cc2)nc1CS(=O)(=O)C1CCC(N)CC1.Cc1oc(-c2ccc(C(=O)NCc3cccnc3)cc2)nc1CS(=O)(=O)C1CCC(NC(=O)OC(C)(C)C)CC1.Cl.[2H]CC. The van der Waals surface area contributed by atoms with E-state index in [0.29, 0.717) is 115 Å². The fourth-order valence-corrected chi connectivity index (χ4v) is 12.3. The number of rotatable bonds is 15. The van der Waals surface area contributed by atoms with Gasteiger partial charge in [0.05, 0.1) is 33.4 Å². The fraction of sp³-hybridized carbons (Fsp3) is 0.446. The monoisotopic (exact) mass is 1120 g/mol. The Bertz CT molecular complexity index is 3070. The summed E-state index contributed by atoms with van der Waals surface area (Å²) >= 11 is 0. The third-order valence-electron chi connectivity index (χ3n) is 12.7. The van der Waals surface area contributed by atoms with Crippen molar-refractivity contribution < 1.29 is 46.2 Å². The van der Waals surface area contributed by atoms with Gasteiger partial charge >= 0.3 is 6.09 Å². The topological polar surface area (TPSA) is 269 Å². The summed E-state index contributed by atoms with van der Waals surface area (Å²) in [5, 5.41) is 7.67. The van der Waals surface area contributed by atoms with Crippen molar-refractivity contribution in [3.05, 3.63) is 143 Å². The van der Waals surface area contributed by atoms with E-state index < -0.39 is 36.6 Å². The molecule has 2 fully saturated rings. The van der Waals surface area contributed by atoms with Gasteiger partial charge in [0.15, 0.2) is 19.7 Å². The molecule has 6 aromatic rings. The number of hydrogen-bond acceptors (Lipinski definition) is 15. The second-order valence-corrected chi connectivity index (χ2v) is 24.1. The van der Waals surface area contributed by atoms with Crippen molar-refractivity contribution in [3.8, 4) is 22.9 Å². The number of pyridine rings is 2. The molecule has 418 valence electrons. The number of nitrogens with two attached hydrogens (primary N) is 1. The number of halogens is 1. The Labute approximate surface area is 461 Å². The maximum Gasteiger partial charge on any atom is 0.407 e. The molecule has 8 rings (SSSR count). The zero-order valence-corrected chi connectivity index (χ0v) is 46.4. The largest absolute Gasteiger partial charge is 0.444 e. The van der Waals surface area contributed by atoms with Crippen LogP contribution < -0.4 is 21.7 Å². The maximum atomic E-state index is 13.2. The number of sulfone groups is 2. The Balaban J connectivity index is 0.000000317. The number of benzene rings is 2. The van der Waals surface area contributed by atoms with Crippen LogP contribution in [0.15, 0.2) is 106 Å². The van der Waals surface area contributed by atoms with Gasteiger partial charge in [0.1, 0.15) is 17.1 Å². The molecule has 0 radical (unpaired) electrons. The summed E-state index contributed by atoms with van der Waals surface area (Å²) in [6, 6.07) is 21.0. The maximum absolute atomic E-state index is 13.2. The lowest BCUT2D eigenvalue weighted by Crippen LogP contribution is -2.42. The summed E-state index contributed by atoms with van der Waals surface area (Å²) in [6.07, 6.45) is 11.0. The van der Waals surface area contributed by atoms with Gasteiger partial charge in [-0.1, -0.05) is 33.4 Å². The second-order valence-electron chi connectivity index (χ2n) is 19.6. The number of carbonyl (C=O) groups excluding carboxylic acids is 3. The molecule has 0 spiro atoms. The third-order valence-corrected chi connectivity index (χ3v) is 17.1. The van der Waals surface area contributed by atoms with Crippen LogP contribution in [0.3, 0.4) is 0 Å². The van der Waals surface area contributed by atoms with Gasteiger partial charge < -0.3 is 35.3 Å². The lowest BCUT2D eigenvalue weighted by molar-refractivity contribution is 0.0493. The molecule has 2 saturated carbocycles. The Morgan fingerprint density at radius 2 is 1.06 bits per heavy atom. The molecular weight excluding hydrogens is 1040 g/mol. The van der Waals surface area contributed by atoms with E-state index in [4.69, 9.17) is 20.7 Å². The van der Waals surface area contributed by atoms with Crippen LogP contribution in [0.4, 0.5) is 4.79 Å². The normalized spacial score (nSPS) is 17.5. The van der Waals surface area contributed by atoms with Gasteiger partial charge in [-0.05, 0) is 158 Å². The first-order valence-corrected chi connectivity index (χ1v) is 28.5. The average molecular weight is 1120 g/mol. The number of alkyl carbamates (subject to hydrolysis) is 1. The molecule has 0 saturated heterocycles. The molecule has 2 aliphatic carbocycles. The van der Waals surface area contributed by atoms with Crippen molar-refractivity contribution in [2.24, 2.45) is 5.73 Å². The number of nitrogens with one attached hydrogen (secondary N) is 3. The zero-order chi connectivity index (χ0) is 55.0. The van der Waals surface area contributed by atoms with Crippen molar-refractivity contribution in [2.75, 3.05) is 0 Å². The van der Waals surface area contributed by atoms with Crippen LogP contribution in [0, 0.1) is 13.8 Å². The smallest absolute Gasteiger partial charge is 0.407 e. The third kappa shape index (κ3) is 18.6. The summed E-state index contributed by atoms with van der Waals surface area (Å²) in [7, 11) is -6.81. The lowest BCUT2D eigenvalue weighted by atomic mass is 9.95. The van der Waals surface area contributed by atoms with Crippen molar-refractivity contribution in [1.82, 2.24) is 35.9 Å². The van der Waals surface area contributed by atoms with E-state index in [1.807, 2.05) is 24.3 Å². The first kappa shape index (κ1) is 61.4. The van der Waals surface area contributed by atoms with Crippen LogP contribution in [0.25, 0.3) is 22.9 Å². The summed E-state index contributed by atoms with van der Waals surface area (Å²) in [5.74, 6) is 0.788. The Morgan fingerprint density at radius 1 is 0.675 bits per heavy atom. The number of nitrogens with zero attached hydrogens (tertiary/aromatic N) is 4. The predicted octanol–water partition coefficient (Wildman–Crippen LogP) is 9.97. The number of amides is 3. The van der Waals surface area contributed by atoms with Gasteiger partial charge in [-0.25, -0.2) is 31.6 Å². The summed E-state index contributed by atoms with van der Waals surface area (Å²) in [4.78, 5) is 53.9. The Morgan fingerprint density at radius 3 is 1.43 bits per heavy atom. The first-order chi connectivity index (χ1) is 36.1. The summed E-state index contributed by atoms with van der Waals surface area (Å²) in [6.45, 7) is 11.9. The van der Waals surface area contributed by atoms with E-state index in [-0.39, 0.29) is 60.5 Å². The highest BCUT2D eigenvalue weighted by Crippen LogP contribution is 2.31. The molecule has 77 heavy (non-hydrogen) atoms. The van der Waals surface area contributed by atoms with Crippen molar-refractivity contribution >= 4 is 50.0 Å². The van der Waals surface area contributed by atoms with Crippen LogP contribution in [0.5, 0.6) is 0 Å². The van der Waals surface area contributed by atoms with Crippen LogP contribution in [0.1, 0.15) is 150 Å². The van der Waals surface area contributed by atoms with Crippen LogP contribution in [0.2, 0.25) is 0 Å². The lowest BCUT2D eigenvalue weighted by Gasteiger charge is -2.29. The van der Waals surface area contributed by atoms with E-state index in [9.17, 15) is 31.2 Å². The molecule has 4 heterocycles. The summed E-state index contributed by atoms with van der Waals surface area (Å²) < 4.78 is 75.2. The minimum Gasteiger partial charge on any atom is -0.444 e. The van der Waals surface area contributed by atoms with Crippen LogP contribution in [-0.2, 0) is 49.0 Å². The number of oxazole rings is 2.